The third kappa shape index (κ3) is 2.67. The Morgan fingerprint density at radius 3 is 2.72 bits per heavy atom. The summed E-state index contributed by atoms with van der Waals surface area (Å²) in [5.74, 6) is -1.65. The van der Waals surface area contributed by atoms with Crippen molar-refractivity contribution >= 4 is 5.69 Å². The van der Waals surface area contributed by atoms with E-state index in [1.807, 2.05) is 20.2 Å². The largest absolute Gasteiger partial charge is 0.378 e. The van der Waals surface area contributed by atoms with Crippen molar-refractivity contribution in [1.29, 1.82) is 0 Å². The molecule has 0 aliphatic rings. The van der Waals surface area contributed by atoms with Gasteiger partial charge < -0.3 is 5.32 Å². The minimum absolute atomic E-state index is 0.440. The summed E-state index contributed by atoms with van der Waals surface area (Å²) >= 11 is 0. The molecule has 0 atom stereocenters. The molecule has 0 aliphatic carbocycles. The number of benzene rings is 1. The highest BCUT2D eigenvalue weighted by molar-refractivity contribution is 5.46. The maximum absolute atomic E-state index is 13.0. The van der Waals surface area contributed by atoms with Crippen LogP contribution in [0.1, 0.15) is 18.2 Å². The Bertz CT molecular complexity index is 549. The average molecular weight is 251 g/mol. The highest BCUT2D eigenvalue weighted by atomic mass is 19.2. The van der Waals surface area contributed by atoms with Crippen LogP contribution in [0.15, 0.2) is 24.4 Å². The SMILES string of the molecule is CCc1nn(C)cc1NCc1ccc(F)c(F)c1. The van der Waals surface area contributed by atoms with Crippen molar-refractivity contribution in [2.24, 2.45) is 7.05 Å². The number of nitrogens with zero attached hydrogens (tertiary/aromatic N) is 2. The van der Waals surface area contributed by atoms with Gasteiger partial charge in [0.2, 0.25) is 0 Å². The zero-order chi connectivity index (χ0) is 13.1. The fraction of sp³-hybridized carbons (Fsp3) is 0.308. The standard InChI is InChI=1S/C13H15F2N3/c1-3-12-13(8-18(2)17-12)16-7-9-4-5-10(14)11(15)6-9/h4-6,8,16H,3,7H2,1-2H3. The van der Waals surface area contributed by atoms with E-state index < -0.39 is 11.6 Å². The van der Waals surface area contributed by atoms with E-state index in [4.69, 9.17) is 0 Å². The molecular formula is C13H15F2N3. The monoisotopic (exact) mass is 251 g/mol. The van der Waals surface area contributed by atoms with Crippen molar-refractivity contribution in [3.05, 3.63) is 47.3 Å². The molecule has 18 heavy (non-hydrogen) atoms. The van der Waals surface area contributed by atoms with Gasteiger partial charge >= 0.3 is 0 Å². The highest BCUT2D eigenvalue weighted by Gasteiger charge is 2.06. The molecule has 0 aliphatic heterocycles. The third-order valence-corrected chi connectivity index (χ3v) is 2.71. The van der Waals surface area contributed by atoms with Crippen LogP contribution in [-0.4, -0.2) is 9.78 Å². The molecule has 0 radical (unpaired) electrons. The number of aromatic nitrogens is 2. The second-order valence-corrected chi connectivity index (χ2v) is 4.12. The normalized spacial score (nSPS) is 10.7. The van der Waals surface area contributed by atoms with E-state index in [0.717, 1.165) is 23.9 Å². The Labute approximate surface area is 104 Å². The van der Waals surface area contributed by atoms with Crippen LogP contribution < -0.4 is 5.32 Å². The third-order valence-electron chi connectivity index (χ3n) is 2.71. The number of hydrogen-bond donors (Lipinski definition) is 1. The molecule has 0 spiro atoms. The number of anilines is 1. The van der Waals surface area contributed by atoms with Gasteiger partial charge in [-0.1, -0.05) is 13.0 Å². The minimum atomic E-state index is -0.825. The quantitative estimate of drug-likeness (QED) is 0.905. The van der Waals surface area contributed by atoms with Crippen molar-refractivity contribution in [3.8, 4) is 0 Å². The molecule has 0 saturated heterocycles. The molecule has 1 aromatic carbocycles. The number of halogens is 2. The summed E-state index contributed by atoms with van der Waals surface area (Å²) in [6, 6.07) is 3.90. The summed E-state index contributed by atoms with van der Waals surface area (Å²) < 4.78 is 27.5. The molecule has 0 unspecified atom stereocenters. The molecule has 0 fully saturated rings. The predicted molar refractivity (Wildman–Crippen MR) is 66.3 cm³/mol. The van der Waals surface area contributed by atoms with Crippen LogP contribution in [-0.2, 0) is 20.0 Å². The van der Waals surface area contributed by atoms with Crippen LogP contribution in [0.3, 0.4) is 0 Å². The second-order valence-electron chi connectivity index (χ2n) is 4.12. The zero-order valence-corrected chi connectivity index (χ0v) is 10.4. The van der Waals surface area contributed by atoms with Crippen LogP contribution in [0, 0.1) is 11.6 Å². The lowest BCUT2D eigenvalue weighted by atomic mass is 10.2. The number of hydrogen-bond acceptors (Lipinski definition) is 2. The molecule has 1 N–H and O–H groups in total. The maximum Gasteiger partial charge on any atom is 0.159 e. The summed E-state index contributed by atoms with van der Waals surface area (Å²) in [6.45, 7) is 2.46. The first kappa shape index (κ1) is 12.5. The fourth-order valence-electron chi connectivity index (χ4n) is 1.79. The van der Waals surface area contributed by atoms with E-state index in [9.17, 15) is 8.78 Å². The van der Waals surface area contributed by atoms with Crippen LogP contribution >= 0.6 is 0 Å². The van der Waals surface area contributed by atoms with E-state index >= 15 is 0 Å². The molecule has 0 bridgehead atoms. The van der Waals surface area contributed by atoms with Gasteiger partial charge in [0.05, 0.1) is 11.4 Å². The van der Waals surface area contributed by atoms with Gasteiger partial charge in [0.1, 0.15) is 0 Å². The lowest BCUT2D eigenvalue weighted by molar-refractivity contribution is 0.507. The van der Waals surface area contributed by atoms with Gasteiger partial charge in [0, 0.05) is 19.8 Å². The Balaban J connectivity index is 2.08. The minimum Gasteiger partial charge on any atom is -0.378 e. The summed E-state index contributed by atoms with van der Waals surface area (Å²) in [5.41, 5.74) is 2.57. The Kier molecular flexibility index (Phi) is 3.60. The van der Waals surface area contributed by atoms with Crippen molar-refractivity contribution in [1.82, 2.24) is 9.78 Å². The smallest absolute Gasteiger partial charge is 0.159 e. The van der Waals surface area contributed by atoms with Crippen LogP contribution in [0.2, 0.25) is 0 Å². The van der Waals surface area contributed by atoms with E-state index in [-0.39, 0.29) is 0 Å². The number of rotatable bonds is 4. The Hall–Kier alpha value is -1.91. The second kappa shape index (κ2) is 5.16. The summed E-state index contributed by atoms with van der Waals surface area (Å²) in [5, 5.41) is 7.47. The lowest BCUT2D eigenvalue weighted by Crippen LogP contribution is -2.01. The molecule has 0 amide bonds. The number of aryl methyl sites for hydroxylation is 2. The number of nitrogens with one attached hydrogen (secondary N) is 1. The van der Waals surface area contributed by atoms with Crippen LogP contribution in [0.5, 0.6) is 0 Å². The average Bonchev–Trinajstić information content (AvgIpc) is 2.71. The van der Waals surface area contributed by atoms with Crippen molar-refractivity contribution in [2.45, 2.75) is 19.9 Å². The van der Waals surface area contributed by atoms with E-state index in [1.54, 1.807) is 10.7 Å². The molecule has 3 nitrogen and oxygen atoms in total. The van der Waals surface area contributed by atoms with Gasteiger partial charge in [-0.25, -0.2) is 8.78 Å². The molecule has 1 heterocycles. The van der Waals surface area contributed by atoms with Gasteiger partial charge in [0.15, 0.2) is 11.6 Å². The summed E-state index contributed by atoms with van der Waals surface area (Å²) in [6.07, 6.45) is 2.69. The predicted octanol–water partition coefficient (Wildman–Crippen LogP) is 2.87. The van der Waals surface area contributed by atoms with E-state index in [0.29, 0.717) is 12.1 Å². The van der Waals surface area contributed by atoms with Crippen molar-refractivity contribution in [3.63, 3.8) is 0 Å². The lowest BCUT2D eigenvalue weighted by Gasteiger charge is -2.06. The molecule has 96 valence electrons. The first-order valence-corrected chi connectivity index (χ1v) is 5.80. The first-order valence-electron chi connectivity index (χ1n) is 5.80. The molecule has 1 aromatic heterocycles. The van der Waals surface area contributed by atoms with E-state index in [1.165, 1.54) is 6.07 Å². The topological polar surface area (TPSA) is 29.9 Å². The van der Waals surface area contributed by atoms with Crippen LogP contribution in [0.4, 0.5) is 14.5 Å². The zero-order valence-electron chi connectivity index (χ0n) is 10.4. The van der Waals surface area contributed by atoms with Crippen LogP contribution in [0.25, 0.3) is 0 Å². The molecule has 2 rings (SSSR count). The van der Waals surface area contributed by atoms with Crippen molar-refractivity contribution < 1.29 is 8.78 Å². The molecule has 0 saturated carbocycles. The maximum atomic E-state index is 13.0. The molecular weight excluding hydrogens is 236 g/mol. The molecule has 2 aromatic rings. The first-order chi connectivity index (χ1) is 8.60. The van der Waals surface area contributed by atoms with Gasteiger partial charge in [-0.3, -0.25) is 4.68 Å². The summed E-state index contributed by atoms with van der Waals surface area (Å²) in [4.78, 5) is 0. The van der Waals surface area contributed by atoms with Gasteiger partial charge in [0.25, 0.3) is 0 Å². The van der Waals surface area contributed by atoms with Gasteiger partial charge in [-0.2, -0.15) is 5.10 Å². The Morgan fingerprint density at radius 1 is 1.28 bits per heavy atom. The fourth-order valence-corrected chi connectivity index (χ4v) is 1.79. The summed E-state index contributed by atoms with van der Waals surface area (Å²) in [7, 11) is 1.85. The Morgan fingerprint density at radius 2 is 2.06 bits per heavy atom. The highest BCUT2D eigenvalue weighted by Crippen LogP contribution is 2.16. The van der Waals surface area contributed by atoms with Gasteiger partial charge in [-0.15, -0.1) is 0 Å². The van der Waals surface area contributed by atoms with Crippen molar-refractivity contribution in [2.75, 3.05) is 5.32 Å². The van der Waals surface area contributed by atoms with Gasteiger partial charge in [-0.05, 0) is 24.1 Å². The van der Waals surface area contributed by atoms with E-state index in [2.05, 4.69) is 10.4 Å². The molecule has 5 heteroatoms.